The highest BCUT2D eigenvalue weighted by molar-refractivity contribution is 6.37. The number of aliphatic hydroxyl groups excluding tert-OH is 4. The van der Waals surface area contributed by atoms with Gasteiger partial charge >= 0.3 is 0 Å². The molecule has 5 N–H and O–H groups in total. The average molecular weight is 541 g/mol. The molecular formula is C28H29ClN2O7. The summed E-state index contributed by atoms with van der Waals surface area (Å²) in [6.45, 7) is 1.18. The lowest BCUT2D eigenvalue weighted by molar-refractivity contribution is -0.278. The Balaban J connectivity index is 1.54. The van der Waals surface area contributed by atoms with Crippen molar-refractivity contribution < 1.29 is 34.7 Å². The average Bonchev–Trinajstić information content (AvgIpc) is 3.28. The van der Waals surface area contributed by atoms with E-state index in [0.717, 1.165) is 16.3 Å². The van der Waals surface area contributed by atoms with Crippen LogP contribution in [0, 0.1) is 0 Å². The number of hydrogen-bond donors (Lipinski definition) is 5. The van der Waals surface area contributed by atoms with Gasteiger partial charge in [0.05, 0.1) is 29.8 Å². The maximum Gasteiger partial charge on any atom is 0.254 e. The van der Waals surface area contributed by atoms with Gasteiger partial charge in [-0.2, -0.15) is 0 Å². The van der Waals surface area contributed by atoms with Crippen molar-refractivity contribution in [3.8, 4) is 5.75 Å². The lowest BCUT2D eigenvalue weighted by Crippen LogP contribution is -2.71. The van der Waals surface area contributed by atoms with Crippen LogP contribution in [0.3, 0.4) is 0 Å². The van der Waals surface area contributed by atoms with Crippen molar-refractivity contribution in [2.45, 2.75) is 43.6 Å². The van der Waals surface area contributed by atoms with Crippen LogP contribution in [-0.4, -0.2) is 74.8 Å². The number of carbonyl (C=O) groups excluding carboxylic acids is 1. The molecule has 0 saturated carbocycles. The van der Waals surface area contributed by atoms with E-state index in [-0.39, 0.29) is 10.6 Å². The van der Waals surface area contributed by atoms with E-state index >= 15 is 0 Å². The SMILES string of the molecule is COc1cc(Cl)c2c(C(=O)N[C@@]3(C)C(O)O[C@H](CO)[C@@H](O)[C@@H]3O)cn(Cc3ccc4ccccc4c3)c2c1. The Hall–Kier alpha value is -3.18. The quantitative estimate of drug-likeness (QED) is 0.254. The summed E-state index contributed by atoms with van der Waals surface area (Å²) in [4.78, 5) is 13.6. The number of benzene rings is 3. The monoisotopic (exact) mass is 540 g/mol. The number of carbonyl (C=O) groups is 1. The number of aromatic nitrogens is 1. The lowest BCUT2D eigenvalue weighted by Gasteiger charge is -2.47. The first kappa shape index (κ1) is 26.4. The Morgan fingerprint density at radius 1 is 1.13 bits per heavy atom. The van der Waals surface area contributed by atoms with Crippen LogP contribution in [0.2, 0.25) is 5.02 Å². The van der Waals surface area contributed by atoms with Gasteiger partial charge in [-0.15, -0.1) is 0 Å². The number of hydrogen-bond acceptors (Lipinski definition) is 7. The predicted molar refractivity (Wildman–Crippen MR) is 142 cm³/mol. The number of methoxy groups -OCH3 is 1. The van der Waals surface area contributed by atoms with Crippen LogP contribution < -0.4 is 10.1 Å². The van der Waals surface area contributed by atoms with Crippen molar-refractivity contribution in [1.29, 1.82) is 0 Å². The standard InChI is InChI=1S/C28H29ClN2O7/c1-28(25(34)24(33)22(14-32)38-27(28)36)30-26(35)19-13-31(21-11-18(37-2)10-20(29)23(19)21)12-15-7-8-16-5-3-4-6-17(16)9-15/h3-11,13,22,24-25,27,32-34,36H,12,14H2,1-2H3,(H,30,35)/t22-,24-,25+,27?,28-/m1/s1. The number of fused-ring (bicyclic) bond motifs is 2. The maximum atomic E-state index is 13.6. The van der Waals surface area contributed by atoms with Crippen molar-refractivity contribution in [2.24, 2.45) is 0 Å². The molecule has 1 amide bonds. The Morgan fingerprint density at radius 3 is 2.58 bits per heavy atom. The number of amides is 1. The van der Waals surface area contributed by atoms with E-state index in [4.69, 9.17) is 21.1 Å². The zero-order chi connectivity index (χ0) is 27.2. The zero-order valence-electron chi connectivity index (χ0n) is 20.8. The predicted octanol–water partition coefficient (Wildman–Crippen LogP) is 2.42. The van der Waals surface area contributed by atoms with Gasteiger partial charge in [-0.25, -0.2) is 0 Å². The number of nitrogens with one attached hydrogen (secondary N) is 1. The van der Waals surface area contributed by atoms with Gasteiger partial charge in [-0.3, -0.25) is 4.79 Å². The molecule has 2 heterocycles. The molecule has 5 atom stereocenters. The Kier molecular flexibility index (Phi) is 7.08. The van der Waals surface area contributed by atoms with Crippen LogP contribution in [0.4, 0.5) is 0 Å². The van der Waals surface area contributed by atoms with E-state index in [1.54, 1.807) is 18.3 Å². The van der Waals surface area contributed by atoms with Gasteiger partial charge in [0.1, 0.15) is 29.6 Å². The third-order valence-corrected chi connectivity index (χ3v) is 7.55. The molecule has 200 valence electrons. The number of nitrogens with zero attached hydrogens (tertiary/aromatic N) is 1. The first-order valence-electron chi connectivity index (χ1n) is 12.1. The van der Waals surface area contributed by atoms with E-state index in [2.05, 4.69) is 11.4 Å². The van der Waals surface area contributed by atoms with E-state index in [1.165, 1.54) is 14.0 Å². The van der Waals surface area contributed by atoms with Crippen LogP contribution in [0.15, 0.2) is 60.8 Å². The Morgan fingerprint density at radius 2 is 1.87 bits per heavy atom. The molecule has 10 heteroatoms. The highest BCUT2D eigenvalue weighted by atomic mass is 35.5. The molecule has 0 bridgehead atoms. The molecule has 0 spiro atoms. The number of aliphatic hydroxyl groups is 4. The smallest absolute Gasteiger partial charge is 0.254 e. The van der Waals surface area contributed by atoms with E-state index < -0.39 is 42.7 Å². The van der Waals surface area contributed by atoms with Crippen LogP contribution in [-0.2, 0) is 11.3 Å². The molecule has 0 radical (unpaired) electrons. The molecule has 9 nitrogen and oxygen atoms in total. The molecule has 38 heavy (non-hydrogen) atoms. The fourth-order valence-corrected chi connectivity index (χ4v) is 5.30. The molecule has 1 unspecified atom stereocenters. The third-order valence-electron chi connectivity index (χ3n) is 7.25. The van der Waals surface area contributed by atoms with Crippen LogP contribution >= 0.6 is 11.6 Å². The fraction of sp³-hybridized carbons (Fsp3) is 0.321. The van der Waals surface area contributed by atoms with Gasteiger partial charge < -0.3 is 39.8 Å². The molecular weight excluding hydrogens is 512 g/mol. The topological polar surface area (TPSA) is 133 Å². The van der Waals surface area contributed by atoms with E-state index in [0.29, 0.717) is 23.2 Å². The molecule has 1 aromatic heterocycles. The summed E-state index contributed by atoms with van der Waals surface area (Å²) in [5.74, 6) is -0.123. The van der Waals surface area contributed by atoms with Gasteiger partial charge in [-0.1, -0.05) is 48.0 Å². The summed E-state index contributed by atoms with van der Waals surface area (Å²) in [6, 6.07) is 17.5. The minimum atomic E-state index is -1.77. The van der Waals surface area contributed by atoms with Crippen molar-refractivity contribution in [1.82, 2.24) is 9.88 Å². The molecule has 3 aromatic carbocycles. The summed E-state index contributed by atoms with van der Waals surface area (Å²) >= 11 is 6.62. The Bertz CT molecular complexity index is 1510. The molecule has 1 aliphatic heterocycles. The van der Waals surface area contributed by atoms with Crippen molar-refractivity contribution in [2.75, 3.05) is 13.7 Å². The second-order valence-electron chi connectivity index (χ2n) is 9.74. The minimum absolute atomic E-state index is 0.202. The largest absolute Gasteiger partial charge is 0.497 e. The number of ether oxygens (including phenoxy) is 2. The van der Waals surface area contributed by atoms with Crippen LogP contribution in [0.5, 0.6) is 5.75 Å². The van der Waals surface area contributed by atoms with Gasteiger partial charge in [0.25, 0.3) is 5.91 Å². The van der Waals surface area contributed by atoms with Crippen LogP contribution in [0.25, 0.3) is 21.7 Å². The molecule has 5 rings (SSSR count). The van der Waals surface area contributed by atoms with E-state index in [1.807, 2.05) is 41.0 Å². The van der Waals surface area contributed by atoms with E-state index in [9.17, 15) is 25.2 Å². The summed E-state index contributed by atoms with van der Waals surface area (Å²) < 4.78 is 12.5. The van der Waals surface area contributed by atoms with Gasteiger partial charge in [-0.05, 0) is 35.4 Å². The van der Waals surface area contributed by atoms with Crippen LogP contribution in [0.1, 0.15) is 22.8 Å². The number of rotatable bonds is 6. The van der Waals surface area contributed by atoms with Crippen molar-refractivity contribution in [3.05, 3.63) is 76.9 Å². The van der Waals surface area contributed by atoms with Gasteiger partial charge in [0.2, 0.25) is 0 Å². The second-order valence-corrected chi connectivity index (χ2v) is 10.1. The second kappa shape index (κ2) is 10.2. The summed E-state index contributed by atoms with van der Waals surface area (Å²) in [6.07, 6.45) is -4.39. The van der Waals surface area contributed by atoms with Gasteiger partial charge in [0.15, 0.2) is 6.29 Å². The molecule has 1 saturated heterocycles. The minimum Gasteiger partial charge on any atom is -0.497 e. The fourth-order valence-electron chi connectivity index (χ4n) is 5.00. The van der Waals surface area contributed by atoms with Gasteiger partial charge in [0, 0.05) is 24.2 Å². The first-order valence-corrected chi connectivity index (χ1v) is 12.5. The summed E-state index contributed by atoms with van der Waals surface area (Å²) in [5, 5.41) is 46.6. The molecule has 1 aliphatic rings. The normalized spacial score (nSPS) is 25.6. The highest BCUT2D eigenvalue weighted by Crippen LogP contribution is 2.35. The number of halogens is 1. The molecule has 4 aromatic rings. The molecule has 0 aliphatic carbocycles. The maximum absolute atomic E-state index is 13.6. The molecule has 1 fully saturated rings. The Labute approximate surface area is 223 Å². The zero-order valence-corrected chi connectivity index (χ0v) is 21.6. The summed E-state index contributed by atoms with van der Waals surface area (Å²) in [7, 11) is 1.53. The van der Waals surface area contributed by atoms with Crippen molar-refractivity contribution >= 4 is 39.2 Å². The third kappa shape index (κ3) is 4.51. The summed E-state index contributed by atoms with van der Waals surface area (Å²) in [5.41, 5.74) is 0.0867. The highest BCUT2D eigenvalue weighted by Gasteiger charge is 2.53. The lowest BCUT2D eigenvalue weighted by atomic mass is 9.84. The van der Waals surface area contributed by atoms with Crippen molar-refractivity contribution in [3.63, 3.8) is 0 Å². The first-order chi connectivity index (χ1) is 18.2.